The van der Waals surface area contributed by atoms with E-state index in [0.717, 1.165) is 17.6 Å². The Kier molecular flexibility index (Phi) is 3.64. The van der Waals surface area contributed by atoms with Crippen LogP contribution in [0.25, 0.3) is 0 Å². The number of piperidine rings is 1. The first-order valence-electron chi connectivity index (χ1n) is 7.33. The summed E-state index contributed by atoms with van der Waals surface area (Å²) in [5.74, 6) is 0.971. The molecule has 0 spiro atoms. The monoisotopic (exact) mass is 352 g/mol. The molecule has 4 nitrogen and oxygen atoms in total. The van der Waals surface area contributed by atoms with Crippen molar-refractivity contribution < 1.29 is 9.53 Å². The minimum absolute atomic E-state index is 0.0963. The zero-order chi connectivity index (χ0) is 15.2. The Balaban J connectivity index is 1.50. The van der Waals surface area contributed by atoms with Crippen molar-refractivity contribution in [2.45, 2.75) is 32.4 Å². The number of fused-ring (bicyclic) bond motifs is 1. The third kappa shape index (κ3) is 3.34. The molecule has 2 fully saturated rings. The molecule has 2 unspecified atom stereocenters. The molecule has 5 heteroatoms. The van der Waals surface area contributed by atoms with Crippen LogP contribution in [0.3, 0.4) is 0 Å². The number of hydrogen-bond donors (Lipinski definition) is 1. The number of carbonyl (C=O) groups is 1. The molecule has 21 heavy (non-hydrogen) atoms. The van der Waals surface area contributed by atoms with Crippen LogP contribution < -0.4 is 10.2 Å². The van der Waals surface area contributed by atoms with E-state index in [0.29, 0.717) is 11.8 Å². The fraction of sp³-hybridized carbons (Fsp3) is 0.562. The van der Waals surface area contributed by atoms with Gasteiger partial charge in [0.05, 0.1) is 0 Å². The summed E-state index contributed by atoms with van der Waals surface area (Å²) in [5.41, 5.74) is 0.994. The molecule has 0 bridgehead atoms. The zero-order valence-corrected chi connectivity index (χ0v) is 14.2. The zero-order valence-electron chi connectivity index (χ0n) is 12.6. The van der Waals surface area contributed by atoms with Crippen LogP contribution in [-0.2, 0) is 4.74 Å². The van der Waals surface area contributed by atoms with Crippen molar-refractivity contribution in [3.05, 3.63) is 28.7 Å². The molecule has 0 radical (unpaired) electrons. The number of ether oxygens (including phenoxy) is 1. The van der Waals surface area contributed by atoms with Gasteiger partial charge in [0, 0.05) is 40.6 Å². The molecule has 0 aromatic heterocycles. The average molecular weight is 353 g/mol. The molecule has 1 N–H and O–H groups in total. The van der Waals surface area contributed by atoms with Crippen LogP contribution in [-0.4, -0.2) is 30.8 Å². The lowest BCUT2D eigenvalue weighted by Crippen LogP contribution is -2.41. The number of hydrogen-bond acceptors (Lipinski definition) is 3. The van der Waals surface area contributed by atoms with Crippen LogP contribution >= 0.6 is 15.9 Å². The van der Waals surface area contributed by atoms with E-state index in [1.807, 2.05) is 20.8 Å². The summed E-state index contributed by atoms with van der Waals surface area (Å²) in [5, 5.41) is 2.85. The molecule has 1 amide bonds. The molecule has 114 valence electrons. The lowest BCUT2D eigenvalue weighted by Gasteiger charge is -2.23. The van der Waals surface area contributed by atoms with Gasteiger partial charge in [0.15, 0.2) is 0 Å². The van der Waals surface area contributed by atoms with E-state index in [4.69, 9.17) is 4.74 Å². The molecule has 1 aliphatic carbocycles. The number of amides is 1. The number of benzene rings is 1. The summed E-state index contributed by atoms with van der Waals surface area (Å²) in [6.07, 6.45) is -0.198. The predicted octanol–water partition coefficient (Wildman–Crippen LogP) is 3.41. The van der Waals surface area contributed by atoms with Crippen molar-refractivity contribution in [3.8, 4) is 0 Å². The molecule has 2 aliphatic rings. The Morgan fingerprint density at radius 3 is 2.33 bits per heavy atom. The molecule has 1 aromatic rings. The number of anilines is 1. The summed E-state index contributed by atoms with van der Waals surface area (Å²) >= 11 is 3.45. The van der Waals surface area contributed by atoms with Crippen LogP contribution in [0.1, 0.15) is 20.8 Å². The molecular formula is C16H21BrN2O2. The quantitative estimate of drug-likeness (QED) is 0.886. The Labute approximate surface area is 134 Å². The van der Waals surface area contributed by atoms with Crippen molar-refractivity contribution in [3.63, 3.8) is 0 Å². The second-order valence-corrected chi connectivity index (χ2v) is 7.87. The highest BCUT2D eigenvalue weighted by Crippen LogP contribution is 2.49. The Morgan fingerprint density at radius 1 is 1.24 bits per heavy atom. The van der Waals surface area contributed by atoms with Gasteiger partial charge in [-0.1, -0.05) is 15.9 Å². The normalized spacial score (nSPS) is 27.2. The standard InChI is InChI=1S/C16H21BrN2O2/c1-16(2,3)18-15(20)21-14-12-8-19(9-13(12)14)11-6-4-10(17)5-7-11/h4-7,12-14H,8-9H2,1-3H3,(H,18,20). The molecule has 2 atom stereocenters. The van der Waals surface area contributed by atoms with Crippen LogP contribution in [0, 0.1) is 11.8 Å². The van der Waals surface area contributed by atoms with Gasteiger partial charge in [-0.25, -0.2) is 4.79 Å². The van der Waals surface area contributed by atoms with E-state index in [9.17, 15) is 4.79 Å². The number of nitrogens with zero attached hydrogens (tertiary/aromatic N) is 1. The highest BCUT2D eigenvalue weighted by Gasteiger charge is 2.58. The first-order chi connectivity index (χ1) is 9.83. The highest BCUT2D eigenvalue weighted by atomic mass is 79.9. The number of halogens is 1. The van der Waals surface area contributed by atoms with Gasteiger partial charge in [-0.2, -0.15) is 0 Å². The largest absolute Gasteiger partial charge is 0.445 e. The maximum Gasteiger partial charge on any atom is 0.407 e. The summed E-state index contributed by atoms with van der Waals surface area (Å²) in [7, 11) is 0. The predicted molar refractivity (Wildman–Crippen MR) is 86.5 cm³/mol. The van der Waals surface area contributed by atoms with Crippen LogP contribution in [0.15, 0.2) is 28.7 Å². The van der Waals surface area contributed by atoms with Gasteiger partial charge in [0.1, 0.15) is 6.10 Å². The second kappa shape index (κ2) is 5.20. The van der Waals surface area contributed by atoms with E-state index in [1.54, 1.807) is 0 Å². The molecule has 1 saturated heterocycles. The Hall–Kier alpha value is -1.23. The van der Waals surface area contributed by atoms with Crippen molar-refractivity contribution in [2.75, 3.05) is 18.0 Å². The Bertz CT molecular complexity index is 526. The van der Waals surface area contributed by atoms with E-state index >= 15 is 0 Å². The number of carbonyl (C=O) groups excluding carboxylic acids is 1. The van der Waals surface area contributed by atoms with Crippen molar-refractivity contribution in [1.82, 2.24) is 5.32 Å². The molecule has 1 aromatic carbocycles. The van der Waals surface area contributed by atoms with Crippen LogP contribution in [0.2, 0.25) is 0 Å². The maximum absolute atomic E-state index is 11.8. The molecule has 1 heterocycles. The van der Waals surface area contributed by atoms with E-state index in [-0.39, 0.29) is 17.7 Å². The van der Waals surface area contributed by atoms with Gasteiger partial charge >= 0.3 is 6.09 Å². The average Bonchev–Trinajstić information content (AvgIpc) is 2.83. The van der Waals surface area contributed by atoms with E-state index in [2.05, 4.69) is 50.4 Å². The van der Waals surface area contributed by atoms with Crippen molar-refractivity contribution >= 4 is 27.7 Å². The van der Waals surface area contributed by atoms with Gasteiger partial charge < -0.3 is 15.0 Å². The topological polar surface area (TPSA) is 41.6 Å². The first kappa shape index (κ1) is 14.7. The molecule has 1 aliphatic heterocycles. The van der Waals surface area contributed by atoms with E-state index < -0.39 is 0 Å². The summed E-state index contributed by atoms with van der Waals surface area (Å²) in [4.78, 5) is 14.1. The smallest absolute Gasteiger partial charge is 0.407 e. The fourth-order valence-electron chi connectivity index (χ4n) is 2.97. The van der Waals surface area contributed by atoms with Gasteiger partial charge in [0.25, 0.3) is 0 Å². The number of alkyl carbamates (subject to hydrolysis) is 1. The minimum Gasteiger partial charge on any atom is -0.445 e. The maximum atomic E-state index is 11.8. The van der Waals surface area contributed by atoms with Crippen LogP contribution in [0.4, 0.5) is 10.5 Å². The highest BCUT2D eigenvalue weighted by molar-refractivity contribution is 9.10. The third-order valence-corrected chi connectivity index (χ3v) is 4.56. The molecule has 1 saturated carbocycles. The van der Waals surface area contributed by atoms with Crippen molar-refractivity contribution in [1.29, 1.82) is 0 Å². The van der Waals surface area contributed by atoms with Crippen molar-refractivity contribution in [2.24, 2.45) is 11.8 Å². The summed E-state index contributed by atoms with van der Waals surface area (Å²) in [6, 6.07) is 8.36. The van der Waals surface area contributed by atoms with Crippen LogP contribution in [0.5, 0.6) is 0 Å². The van der Waals surface area contributed by atoms with Gasteiger partial charge in [-0.05, 0) is 45.0 Å². The lowest BCUT2D eigenvalue weighted by molar-refractivity contribution is 0.119. The van der Waals surface area contributed by atoms with Gasteiger partial charge in [-0.15, -0.1) is 0 Å². The number of nitrogens with one attached hydrogen (secondary N) is 1. The third-order valence-electron chi connectivity index (χ3n) is 4.03. The van der Waals surface area contributed by atoms with Gasteiger partial charge in [0.2, 0.25) is 0 Å². The molecule has 3 rings (SSSR count). The SMILES string of the molecule is CC(C)(C)NC(=O)OC1C2CN(c3ccc(Br)cc3)CC21. The second-order valence-electron chi connectivity index (χ2n) is 6.95. The Morgan fingerprint density at radius 2 is 1.81 bits per heavy atom. The fourth-order valence-corrected chi connectivity index (χ4v) is 3.23. The minimum atomic E-state index is -0.294. The summed E-state index contributed by atoms with van der Waals surface area (Å²) < 4.78 is 6.62. The van der Waals surface area contributed by atoms with Gasteiger partial charge in [-0.3, -0.25) is 0 Å². The first-order valence-corrected chi connectivity index (χ1v) is 8.12. The molecular weight excluding hydrogens is 332 g/mol. The number of rotatable bonds is 2. The lowest BCUT2D eigenvalue weighted by atomic mass is 10.1. The van der Waals surface area contributed by atoms with E-state index in [1.165, 1.54) is 5.69 Å². The summed E-state index contributed by atoms with van der Waals surface area (Å²) in [6.45, 7) is 7.81.